The molecule has 112 valence electrons. The van der Waals surface area contributed by atoms with Crippen molar-refractivity contribution in [3.63, 3.8) is 0 Å². The summed E-state index contributed by atoms with van der Waals surface area (Å²) in [6, 6.07) is 10.7. The third-order valence-corrected chi connectivity index (χ3v) is 3.87. The van der Waals surface area contributed by atoms with Gasteiger partial charge in [0.1, 0.15) is 0 Å². The van der Waals surface area contributed by atoms with Crippen molar-refractivity contribution in [1.29, 1.82) is 0 Å². The van der Waals surface area contributed by atoms with Crippen LogP contribution in [0.1, 0.15) is 38.7 Å². The van der Waals surface area contributed by atoms with Gasteiger partial charge in [-0.3, -0.25) is 4.79 Å². The standard InChI is InChI=1S/C16H24N2O.ClH/c1-16(2,13-7-4-3-5-8-13)11-15(19)18-12-14-9-6-10-17-14;/h3-5,7-8,14,17H,6,9-12H2,1-2H3,(H,18,19);1H. The molecular formula is C16H25ClN2O. The molecule has 1 aliphatic rings. The second kappa shape index (κ2) is 7.65. The second-order valence-electron chi connectivity index (χ2n) is 6.02. The predicted molar refractivity (Wildman–Crippen MR) is 85.4 cm³/mol. The van der Waals surface area contributed by atoms with Gasteiger partial charge in [0.2, 0.25) is 5.91 Å². The molecule has 0 aromatic heterocycles. The molecule has 1 unspecified atom stereocenters. The number of carbonyl (C=O) groups is 1. The zero-order valence-corrected chi connectivity index (χ0v) is 13.1. The normalized spacial score (nSPS) is 18.4. The third-order valence-electron chi connectivity index (χ3n) is 3.87. The third kappa shape index (κ3) is 4.80. The van der Waals surface area contributed by atoms with Crippen molar-refractivity contribution in [2.24, 2.45) is 0 Å². The van der Waals surface area contributed by atoms with Gasteiger partial charge in [0.15, 0.2) is 0 Å². The van der Waals surface area contributed by atoms with Gasteiger partial charge < -0.3 is 10.6 Å². The Morgan fingerprint density at radius 1 is 1.35 bits per heavy atom. The molecule has 1 heterocycles. The maximum atomic E-state index is 12.0. The number of amides is 1. The van der Waals surface area contributed by atoms with Crippen molar-refractivity contribution in [3.05, 3.63) is 35.9 Å². The molecule has 2 rings (SSSR count). The highest BCUT2D eigenvalue weighted by atomic mass is 35.5. The van der Waals surface area contributed by atoms with E-state index in [9.17, 15) is 4.79 Å². The van der Waals surface area contributed by atoms with E-state index < -0.39 is 0 Å². The summed E-state index contributed by atoms with van der Waals surface area (Å²) in [6.07, 6.45) is 2.92. The highest BCUT2D eigenvalue weighted by Crippen LogP contribution is 2.26. The van der Waals surface area contributed by atoms with Gasteiger partial charge in [-0.2, -0.15) is 0 Å². The van der Waals surface area contributed by atoms with E-state index >= 15 is 0 Å². The minimum Gasteiger partial charge on any atom is -0.355 e. The van der Waals surface area contributed by atoms with Crippen molar-refractivity contribution in [2.75, 3.05) is 13.1 Å². The molecule has 0 spiro atoms. The van der Waals surface area contributed by atoms with Crippen LogP contribution in [0.5, 0.6) is 0 Å². The summed E-state index contributed by atoms with van der Waals surface area (Å²) in [4.78, 5) is 12.0. The largest absolute Gasteiger partial charge is 0.355 e. The molecule has 20 heavy (non-hydrogen) atoms. The fourth-order valence-electron chi connectivity index (χ4n) is 2.62. The van der Waals surface area contributed by atoms with Gasteiger partial charge in [-0.05, 0) is 30.4 Å². The average Bonchev–Trinajstić information content (AvgIpc) is 2.90. The Kier molecular flexibility index (Phi) is 6.50. The molecular weight excluding hydrogens is 272 g/mol. The highest BCUT2D eigenvalue weighted by Gasteiger charge is 2.24. The number of rotatable bonds is 5. The second-order valence-corrected chi connectivity index (χ2v) is 6.02. The minimum absolute atomic E-state index is 0. The van der Waals surface area contributed by atoms with E-state index in [2.05, 4.69) is 36.6 Å². The maximum Gasteiger partial charge on any atom is 0.220 e. The first-order valence-electron chi connectivity index (χ1n) is 7.13. The summed E-state index contributed by atoms with van der Waals surface area (Å²) in [5, 5.41) is 6.44. The molecule has 4 heteroatoms. The maximum absolute atomic E-state index is 12.0. The van der Waals surface area contributed by atoms with Crippen molar-refractivity contribution in [2.45, 2.75) is 44.6 Å². The Morgan fingerprint density at radius 3 is 2.65 bits per heavy atom. The van der Waals surface area contributed by atoms with E-state index in [1.807, 2.05) is 18.2 Å². The van der Waals surface area contributed by atoms with E-state index in [1.54, 1.807) is 0 Å². The summed E-state index contributed by atoms with van der Waals surface area (Å²) in [6.45, 7) is 6.07. The van der Waals surface area contributed by atoms with Crippen molar-refractivity contribution in [3.8, 4) is 0 Å². The van der Waals surface area contributed by atoms with Crippen LogP contribution in [0.15, 0.2) is 30.3 Å². The number of benzene rings is 1. The molecule has 2 N–H and O–H groups in total. The fourth-order valence-corrected chi connectivity index (χ4v) is 2.62. The van der Waals surface area contributed by atoms with Crippen molar-refractivity contribution < 1.29 is 4.79 Å². The van der Waals surface area contributed by atoms with E-state index in [4.69, 9.17) is 0 Å². The number of hydrogen-bond acceptors (Lipinski definition) is 2. The van der Waals surface area contributed by atoms with Gasteiger partial charge in [0, 0.05) is 19.0 Å². The predicted octanol–water partition coefficient (Wildman–Crippen LogP) is 2.64. The zero-order valence-electron chi connectivity index (χ0n) is 12.3. The molecule has 1 amide bonds. The van der Waals surface area contributed by atoms with Crippen LogP contribution < -0.4 is 10.6 Å². The molecule has 1 atom stereocenters. The zero-order chi connectivity index (χ0) is 13.7. The molecule has 1 saturated heterocycles. The van der Waals surface area contributed by atoms with Crippen LogP contribution in [-0.2, 0) is 10.2 Å². The quantitative estimate of drug-likeness (QED) is 0.877. The fraction of sp³-hybridized carbons (Fsp3) is 0.562. The highest BCUT2D eigenvalue weighted by molar-refractivity contribution is 5.85. The van der Waals surface area contributed by atoms with Crippen LogP contribution in [0.25, 0.3) is 0 Å². The first kappa shape index (κ1) is 17.0. The smallest absolute Gasteiger partial charge is 0.220 e. The number of nitrogens with one attached hydrogen (secondary N) is 2. The average molecular weight is 297 g/mol. The summed E-state index contributed by atoms with van der Waals surface area (Å²) in [7, 11) is 0. The summed E-state index contributed by atoms with van der Waals surface area (Å²) >= 11 is 0. The van der Waals surface area contributed by atoms with Crippen molar-refractivity contribution in [1.82, 2.24) is 10.6 Å². The van der Waals surface area contributed by atoms with Crippen molar-refractivity contribution >= 4 is 18.3 Å². The van der Waals surface area contributed by atoms with Crippen LogP contribution in [0, 0.1) is 0 Å². The minimum atomic E-state index is -0.117. The first-order chi connectivity index (χ1) is 9.08. The van der Waals surface area contributed by atoms with Crippen LogP contribution in [0.4, 0.5) is 0 Å². The number of carbonyl (C=O) groups excluding carboxylic acids is 1. The van der Waals surface area contributed by atoms with Gasteiger partial charge in [0.25, 0.3) is 0 Å². The Hall–Kier alpha value is -1.06. The molecule has 0 saturated carbocycles. The molecule has 1 aromatic rings. The van der Waals surface area contributed by atoms with Gasteiger partial charge in [0.05, 0.1) is 0 Å². The van der Waals surface area contributed by atoms with E-state index in [1.165, 1.54) is 18.4 Å². The monoisotopic (exact) mass is 296 g/mol. The van der Waals surface area contributed by atoms with Gasteiger partial charge in [-0.15, -0.1) is 12.4 Å². The van der Waals surface area contributed by atoms with Gasteiger partial charge in [-0.25, -0.2) is 0 Å². The van der Waals surface area contributed by atoms with Gasteiger partial charge >= 0.3 is 0 Å². The van der Waals surface area contributed by atoms with E-state index in [-0.39, 0.29) is 23.7 Å². The molecule has 0 aliphatic carbocycles. The van der Waals surface area contributed by atoms with Gasteiger partial charge in [-0.1, -0.05) is 44.2 Å². The van der Waals surface area contributed by atoms with Crippen LogP contribution in [0.3, 0.4) is 0 Å². The Balaban J connectivity index is 0.00000200. The Labute approximate surface area is 127 Å². The summed E-state index contributed by atoms with van der Waals surface area (Å²) in [5.41, 5.74) is 1.10. The summed E-state index contributed by atoms with van der Waals surface area (Å²) in [5.74, 6) is 0.141. The van der Waals surface area contributed by atoms with E-state index in [0.717, 1.165) is 13.1 Å². The molecule has 1 aliphatic heterocycles. The lowest BCUT2D eigenvalue weighted by atomic mass is 9.81. The molecule has 1 aromatic carbocycles. The lowest BCUT2D eigenvalue weighted by Gasteiger charge is -2.25. The topological polar surface area (TPSA) is 41.1 Å². The SMILES string of the molecule is CC(C)(CC(=O)NCC1CCCN1)c1ccccc1.Cl. The number of halogens is 1. The lowest BCUT2D eigenvalue weighted by molar-refractivity contribution is -0.122. The number of hydrogen-bond donors (Lipinski definition) is 2. The van der Waals surface area contributed by atoms with E-state index in [0.29, 0.717) is 12.5 Å². The molecule has 3 nitrogen and oxygen atoms in total. The molecule has 0 radical (unpaired) electrons. The Bertz CT molecular complexity index is 414. The van der Waals surface area contributed by atoms with Crippen LogP contribution in [0.2, 0.25) is 0 Å². The lowest BCUT2D eigenvalue weighted by Crippen LogP contribution is -2.39. The Morgan fingerprint density at radius 2 is 2.05 bits per heavy atom. The summed E-state index contributed by atoms with van der Waals surface area (Å²) < 4.78 is 0. The molecule has 1 fully saturated rings. The van der Waals surface area contributed by atoms with Crippen LogP contribution >= 0.6 is 12.4 Å². The molecule has 0 bridgehead atoms. The first-order valence-corrected chi connectivity index (χ1v) is 7.13. The van der Waals surface area contributed by atoms with Crippen LogP contribution in [-0.4, -0.2) is 25.0 Å².